The molecule has 0 aromatic rings. The van der Waals surface area contributed by atoms with Crippen LogP contribution >= 0.6 is 0 Å². The largest absolute Gasteiger partial charge is 0.314 e. The van der Waals surface area contributed by atoms with E-state index in [0.29, 0.717) is 16.2 Å². The predicted molar refractivity (Wildman–Crippen MR) is 89.3 cm³/mol. The highest BCUT2D eigenvalue weighted by atomic mass is 14.9. The van der Waals surface area contributed by atoms with Crippen molar-refractivity contribution < 1.29 is 0 Å². The topological polar surface area (TPSA) is 12.0 Å². The van der Waals surface area contributed by atoms with Gasteiger partial charge in [-0.1, -0.05) is 27.2 Å². The molecule has 5 aliphatic rings. The van der Waals surface area contributed by atoms with Crippen LogP contribution < -0.4 is 5.32 Å². The van der Waals surface area contributed by atoms with Crippen molar-refractivity contribution in [3.05, 3.63) is 0 Å². The van der Waals surface area contributed by atoms with Gasteiger partial charge in [-0.15, -0.1) is 0 Å². The lowest BCUT2D eigenvalue weighted by molar-refractivity contribution is -0.152. The Kier molecular flexibility index (Phi) is 3.27. The smallest absolute Gasteiger partial charge is 0.0100 e. The quantitative estimate of drug-likeness (QED) is 0.738. The molecule has 3 atom stereocenters. The van der Waals surface area contributed by atoms with Gasteiger partial charge in [0.1, 0.15) is 0 Å². The van der Waals surface area contributed by atoms with Crippen LogP contribution in [0.1, 0.15) is 85.0 Å². The Morgan fingerprint density at radius 3 is 2.14 bits per heavy atom. The Labute approximate surface area is 131 Å². The van der Waals surface area contributed by atoms with Crippen molar-refractivity contribution in [1.29, 1.82) is 0 Å². The van der Waals surface area contributed by atoms with Crippen LogP contribution in [0, 0.1) is 28.1 Å². The van der Waals surface area contributed by atoms with Crippen molar-refractivity contribution in [3.63, 3.8) is 0 Å². The van der Waals surface area contributed by atoms with Crippen molar-refractivity contribution in [1.82, 2.24) is 5.32 Å². The fourth-order valence-electron chi connectivity index (χ4n) is 7.89. The summed E-state index contributed by atoms with van der Waals surface area (Å²) in [4.78, 5) is 0. The van der Waals surface area contributed by atoms with E-state index in [1.54, 1.807) is 32.1 Å². The van der Waals surface area contributed by atoms with Crippen LogP contribution in [0.2, 0.25) is 0 Å². The Balaban J connectivity index is 1.55. The molecule has 0 aliphatic heterocycles. The fourth-order valence-corrected chi connectivity index (χ4v) is 7.89. The zero-order chi connectivity index (χ0) is 14.7. The maximum atomic E-state index is 3.88. The molecule has 1 N–H and O–H groups in total. The first-order valence-electron chi connectivity index (χ1n) is 9.67. The summed E-state index contributed by atoms with van der Waals surface area (Å²) in [5.41, 5.74) is 2.07. The second-order valence-electron chi connectivity index (χ2n) is 10.2. The van der Waals surface area contributed by atoms with Gasteiger partial charge in [-0.3, -0.25) is 0 Å². The molecule has 5 fully saturated rings. The number of hydrogen-bond acceptors (Lipinski definition) is 1. The molecule has 1 heteroatoms. The molecule has 0 spiro atoms. The Hall–Kier alpha value is -0.0400. The molecule has 0 aromatic carbocycles. The third-order valence-corrected chi connectivity index (χ3v) is 7.58. The van der Waals surface area contributed by atoms with E-state index in [-0.39, 0.29) is 0 Å². The predicted octanol–water partition coefficient (Wildman–Crippen LogP) is 5.15. The van der Waals surface area contributed by atoms with Gasteiger partial charge in [-0.2, -0.15) is 0 Å². The minimum atomic E-state index is 0.685. The summed E-state index contributed by atoms with van der Waals surface area (Å²) < 4.78 is 0. The fraction of sp³-hybridized carbons (Fsp3) is 1.00. The molecule has 0 heterocycles. The zero-order valence-corrected chi connectivity index (χ0v) is 14.5. The van der Waals surface area contributed by atoms with Gasteiger partial charge in [-0.05, 0) is 92.4 Å². The highest BCUT2D eigenvalue weighted by Gasteiger charge is 2.60. The van der Waals surface area contributed by atoms with Gasteiger partial charge in [0.05, 0.1) is 0 Å². The van der Waals surface area contributed by atoms with E-state index in [1.165, 1.54) is 32.1 Å². The SMILES string of the molecule is CCNC(CC12CC3CC(C)(CC(C)(C3)C1)C2)C1CCC1. The molecule has 3 unspecified atom stereocenters. The molecule has 4 bridgehead atoms. The number of hydrogen-bond donors (Lipinski definition) is 1. The summed E-state index contributed by atoms with van der Waals surface area (Å²) in [5.74, 6) is 2.05. The van der Waals surface area contributed by atoms with E-state index < -0.39 is 0 Å². The molecule has 1 nitrogen and oxygen atoms in total. The lowest BCUT2D eigenvalue weighted by Gasteiger charge is -2.66. The molecule has 5 rings (SSSR count). The van der Waals surface area contributed by atoms with Gasteiger partial charge in [0.15, 0.2) is 0 Å². The van der Waals surface area contributed by atoms with E-state index in [2.05, 4.69) is 26.1 Å². The second kappa shape index (κ2) is 4.73. The van der Waals surface area contributed by atoms with Crippen LogP contribution in [0.4, 0.5) is 0 Å². The van der Waals surface area contributed by atoms with Crippen molar-refractivity contribution in [2.24, 2.45) is 28.1 Å². The van der Waals surface area contributed by atoms with Crippen LogP contribution in [0.5, 0.6) is 0 Å². The molecular formula is C20H35N. The van der Waals surface area contributed by atoms with Crippen LogP contribution in [-0.2, 0) is 0 Å². The molecule has 5 aliphatic carbocycles. The Morgan fingerprint density at radius 1 is 1.00 bits per heavy atom. The maximum Gasteiger partial charge on any atom is 0.0100 e. The minimum absolute atomic E-state index is 0.685. The highest BCUT2D eigenvalue weighted by molar-refractivity contribution is 5.11. The summed E-state index contributed by atoms with van der Waals surface area (Å²) >= 11 is 0. The van der Waals surface area contributed by atoms with Gasteiger partial charge < -0.3 is 5.32 Å². The van der Waals surface area contributed by atoms with Gasteiger partial charge in [-0.25, -0.2) is 0 Å². The molecule has 120 valence electrons. The van der Waals surface area contributed by atoms with Crippen molar-refractivity contribution >= 4 is 0 Å². The van der Waals surface area contributed by atoms with Gasteiger partial charge >= 0.3 is 0 Å². The normalized spacial score (nSPS) is 50.1. The molecule has 0 aromatic heterocycles. The summed E-state index contributed by atoms with van der Waals surface area (Å²) in [6.45, 7) is 8.70. The summed E-state index contributed by atoms with van der Waals surface area (Å²) in [7, 11) is 0. The van der Waals surface area contributed by atoms with E-state index in [1.807, 2.05) is 0 Å². The van der Waals surface area contributed by atoms with Crippen molar-refractivity contribution in [2.45, 2.75) is 91.0 Å². The first kappa shape index (κ1) is 14.5. The van der Waals surface area contributed by atoms with Crippen molar-refractivity contribution in [3.8, 4) is 0 Å². The third-order valence-electron chi connectivity index (χ3n) is 7.58. The van der Waals surface area contributed by atoms with E-state index in [4.69, 9.17) is 0 Å². The summed E-state index contributed by atoms with van der Waals surface area (Å²) in [5, 5.41) is 3.88. The first-order valence-corrected chi connectivity index (χ1v) is 9.67. The lowest BCUT2D eigenvalue weighted by Crippen LogP contribution is -2.57. The van der Waals surface area contributed by atoms with Gasteiger partial charge in [0.2, 0.25) is 0 Å². The van der Waals surface area contributed by atoms with E-state index in [9.17, 15) is 0 Å². The lowest BCUT2D eigenvalue weighted by atomic mass is 9.39. The Morgan fingerprint density at radius 2 is 1.67 bits per heavy atom. The second-order valence-corrected chi connectivity index (χ2v) is 10.2. The van der Waals surface area contributed by atoms with E-state index in [0.717, 1.165) is 24.4 Å². The Bertz CT molecular complexity index is 392. The first-order chi connectivity index (χ1) is 9.93. The average Bonchev–Trinajstić information content (AvgIpc) is 2.20. The number of nitrogens with one attached hydrogen (secondary N) is 1. The van der Waals surface area contributed by atoms with Gasteiger partial charge in [0.25, 0.3) is 0 Å². The van der Waals surface area contributed by atoms with Gasteiger partial charge in [0, 0.05) is 6.04 Å². The zero-order valence-electron chi connectivity index (χ0n) is 14.5. The molecule has 21 heavy (non-hydrogen) atoms. The van der Waals surface area contributed by atoms with Crippen LogP contribution in [0.15, 0.2) is 0 Å². The summed E-state index contributed by atoms with van der Waals surface area (Å²) in [6, 6.07) is 0.826. The maximum absolute atomic E-state index is 3.88. The van der Waals surface area contributed by atoms with Crippen molar-refractivity contribution in [2.75, 3.05) is 6.54 Å². The highest BCUT2D eigenvalue weighted by Crippen LogP contribution is 2.70. The molecule has 0 radical (unpaired) electrons. The average molecular weight is 290 g/mol. The monoisotopic (exact) mass is 289 g/mol. The standard InChI is InChI=1S/C20H35N/c1-4-21-17(16-6-5-7-16)11-20-10-15-8-18(2,13-20)12-19(3,9-15)14-20/h15-17,21H,4-14H2,1-3H3. The van der Waals surface area contributed by atoms with Crippen LogP contribution in [0.3, 0.4) is 0 Å². The number of rotatable bonds is 5. The molecule has 5 saturated carbocycles. The summed E-state index contributed by atoms with van der Waals surface area (Å²) in [6.07, 6.45) is 15.2. The van der Waals surface area contributed by atoms with Crippen LogP contribution in [0.25, 0.3) is 0 Å². The molecule has 0 amide bonds. The third kappa shape index (κ3) is 2.48. The van der Waals surface area contributed by atoms with E-state index >= 15 is 0 Å². The van der Waals surface area contributed by atoms with Crippen LogP contribution in [-0.4, -0.2) is 12.6 Å². The molecular weight excluding hydrogens is 254 g/mol. The molecule has 0 saturated heterocycles. The minimum Gasteiger partial charge on any atom is -0.314 e.